The summed E-state index contributed by atoms with van der Waals surface area (Å²) in [5, 5.41) is 0.296. The molecule has 1 aromatic carbocycles. The summed E-state index contributed by atoms with van der Waals surface area (Å²) in [5.41, 5.74) is 0. The highest BCUT2D eigenvalue weighted by Gasteiger charge is 2.31. The first-order valence-electron chi connectivity index (χ1n) is 8.65. The quantitative estimate of drug-likeness (QED) is 0.575. The van der Waals surface area contributed by atoms with Crippen molar-refractivity contribution in [3.8, 4) is 5.75 Å². The summed E-state index contributed by atoms with van der Waals surface area (Å²) in [7, 11) is 1.14. The first-order chi connectivity index (χ1) is 12.7. The van der Waals surface area contributed by atoms with Crippen LogP contribution in [0.1, 0.15) is 19.3 Å². The maximum atomic E-state index is 12.6. The van der Waals surface area contributed by atoms with E-state index in [1.54, 1.807) is 25.1 Å². The van der Waals surface area contributed by atoms with Crippen LogP contribution in [0, 0.1) is 0 Å². The number of rotatable bonds is 8. The molecule has 0 spiro atoms. The van der Waals surface area contributed by atoms with Gasteiger partial charge in [0.1, 0.15) is 4.90 Å². The van der Waals surface area contributed by atoms with Gasteiger partial charge in [-0.2, -0.15) is 0 Å². The third-order valence-electron chi connectivity index (χ3n) is 4.47. The molecule has 1 saturated heterocycles. The third kappa shape index (κ3) is 5.57. The highest BCUT2D eigenvalue weighted by atomic mass is 79.9. The Bertz CT molecular complexity index is 789. The molecule has 1 aliphatic heterocycles. The fourth-order valence-corrected chi connectivity index (χ4v) is 5.63. The Balaban J connectivity index is 1.96. The molecule has 1 amide bonds. The average Bonchev–Trinajstić information content (AvgIpc) is 3.05. The fourth-order valence-electron chi connectivity index (χ4n) is 3.17. The summed E-state index contributed by atoms with van der Waals surface area (Å²) in [6.45, 7) is 1.77. The van der Waals surface area contributed by atoms with E-state index in [2.05, 4.69) is 25.6 Å². The van der Waals surface area contributed by atoms with Crippen LogP contribution in [0.5, 0.6) is 5.75 Å². The molecular formula is C17H25BrClN3O4S. The molecule has 1 aromatic rings. The Morgan fingerprint density at radius 3 is 2.78 bits per heavy atom. The van der Waals surface area contributed by atoms with Gasteiger partial charge >= 0.3 is 0 Å². The second kappa shape index (κ2) is 9.56. The number of halogens is 2. The molecule has 10 heteroatoms. The van der Waals surface area contributed by atoms with Crippen molar-refractivity contribution in [2.75, 3.05) is 40.8 Å². The van der Waals surface area contributed by atoms with Crippen molar-refractivity contribution in [3.05, 3.63) is 21.6 Å². The average molecular weight is 483 g/mol. The number of nitrogens with zero attached hydrogens (tertiary/aromatic N) is 2. The summed E-state index contributed by atoms with van der Waals surface area (Å²) in [6, 6.07) is 2.83. The lowest BCUT2D eigenvalue weighted by molar-refractivity contribution is -0.133. The maximum Gasteiger partial charge on any atom is 0.244 e. The number of ether oxygens (including phenoxy) is 1. The topological polar surface area (TPSA) is 79.0 Å². The van der Waals surface area contributed by atoms with E-state index >= 15 is 0 Å². The van der Waals surface area contributed by atoms with Crippen LogP contribution in [-0.2, 0) is 14.8 Å². The van der Waals surface area contributed by atoms with Crippen LogP contribution in [0.15, 0.2) is 21.5 Å². The summed E-state index contributed by atoms with van der Waals surface area (Å²) < 4.78 is 33.5. The van der Waals surface area contributed by atoms with Gasteiger partial charge in [-0.05, 0) is 53.9 Å². The van der Waals surface area contributed by atoms with E-state index in [-0.39, 0.29) is 29.1 Å². The molecule has 1 atom stereocenters. The number of hydrogen-bond donors (Lipinski definition) is 1. The number of methoxy groups -OCH3 is 1. The second-order valence-corrected chi connectivity index (χ2v) is 9.62. The predicted octanol–water partition coefficient (Wildman–Crippen LogP) is 2.33. The van der Waals surface area contributed by atoms with E-state index in [1.807, 2.05) is 0 Å². The van der Waals surface area contributed by atoms with E-state index in [4.69, 9.17) is 16.3 Å². The molecule has 0 aliphatic carbocycles. The fraction of sp³-hybridized carbons (Fsp3) is 0.588. The minimum atomic E-state index is -3.77. The van der Waals surface area contributed by atoms with Crippen LogP contribution < -0.4 is 9.46 Å². The van der Waals surface area contributed by atoms with Gasteiger partial charge in [0.05, 0.1) is 17.6 Å². The zero-order valence-corrected chi connectivity index (χ0v) is 18.8. The molecule has 1 fully saturated rings. The molecule has 2 rings (SSSR count). The van der Waals surface area contributed by atoms with Crippen LogP contribution in [0.3, 0.4) is 0 Å². The van der Waals surface area contributed by atoms with Crippen molar-refractivity contribution in [2.24, 2.45) is 0 Å². The highest BCUT2D eigenvalue weighted by Crippen LogP contribution is 2.35. The maximum absolute atomic E-state index is 12.6. The molecule has 1 aliphatic rings. The van der Waals surface area contributed by atoms with Gasteiger partial charge in [-0.15, -0.1) is 0 Å². The van der Waals surface area contributed by atoms with Crippen molar-refractivity contribution >= 4 is 43.5 Å². The van der Waals surface area contributed by atoms with E-state index in [0.29, 0.717) is 22.5 Å². The summed E-state index contributed by atoms with van der Waals surface area (Å²) >= 11 is 9.25. The minimum Gasteiger partial charge on any atom is -0.494 e. The second-order valence-electron chi connectivity index (χ2n) is 6.60. The van der Waals surface area contributed by atoms with Crippen LogP contribution in [0.25, 0.3) is 0 Å². The summed E-state index contributed by atoms with van der Waals surface area (Å²) in [4.78, 5) is 15.9. The Morgan fingerprint density at radius 1 is 1.44 bits per heavy atom. The van der Waals surface area contributed by atoms with Crippen LogP contribution >= 0.6 is 27.5 Å². The van der Waals surface area contributed by atoms with Gasteiger partial charge in [0.25, 0.3) is 0 Å². The van der Waals surface area contributed by atoms with Crippen molar-refractivity contribution in [3.63, 3.8) is 0 Å². The Morgan fingerprint density at radius 2 is 2.15 bits per heavy atom. The van der Waals surface area contributed by atoms with E-state index in [0.717, 1.165) is 19.4 Å². The molecule has 1 N–H and O–H groups in total. The van der Waals surface area contributed by atoms with E-state index in [9.17, 15) is 13.2 Å². The predicted molar refractivity (Wildman–Crippen MR) is 109 cm³/mol. The number of nitrogens with one attached hydrogen (secondary N) is 1. The number of carbonyl (C=O) groups excluding carboxylic acids is 1. The lowest BCUT2D eigenvalue weighted by atomic mass is 10.2. The molecule has 0 bridgehead atoms. The van der Waals surface area contributed by atoms with Gasteiger partial charge < -0.3 is 9.64 Å². The van der Waals surface area contributed by atoms with Crippen LogP contribution in [0.2, 0.25) is 5.02 Å². The van der Waals surface area contributed by atoms with E-state index < -0.39 is 10.0 Å². The largest absolute Gasteiger partial charge is 0.494 e. The van der Waals surface area contributed by atoms with Crippen LogP contribution in [0.4, 0.5) is 0 Å². The molecule has 152 valence electrons. The first-order valence-corrected chi connectivity index (χ1v) is 11.3. The lowest BCUT2D eigenvalue weighted by Gasteiger charge is -2.26. The number of likely N-dealkylation sites (tertiary alicyclic amines) is 1. The number of hydrogen-bond acceptors (Lipinski definition) is 5. The summed E-state index contributed by atoms with van der Waals surface area (Å²) in [5.74, 6) is 0.310. The van der Waals surface area contributed by atoms with Gasteiger partial charge in [-0.1, -0.05) is 11.6 Å². The summed E-state index contributed by atoms with van der Waals surface area (Å²) in [6.07, 6.45) is 2.42. The normalized spacial score (nSPS) is 17.9. The van der Waals surface area contributed by atoms with Crippen molar-refractivity contribution in [2.45, 2.75) is 30.2 Å². The van der Waals surface area contributed by atoms with Crippen molar-refractivity contribution in [1.82, 2.24) is 14.5 Å². The highest BCUT2D eigenvalue weighted by molar-refractivity contribution is 9.10. The molecule has 1 unspecified atom stereocenters. The molecule has 0 radical (unpaired) electrons. The van der Waals surface area contributed by atoms with E-state index in [1.165, 1.54) is 13.2 Å². The van der Waals surface area contributed by atoms with Gasteiger partial charge in [0.15, 0.2) is 5.75 Å². The Kier molecular flexibility index (Phi) is 7.94. The zero-order valence-electron chi connectivity index (χ0n) is 15.7. The van der Waals surface area contributed by atoms with Gasteiger partial charge in [0.2, 0.25) is 15.9 Å². The molecule has 27 heavy (non-hydrogen) atoms. The lowest BCUT2D eigenvalue weighted by Crippen LogP contribution is -2.43. The van der Waals surface area contributed by atoms with Gasteiger partial charge in [0, 0.05) is 32.2 Å². The number of amides is 1. The minimum absolute atomic E-state index is 0.00814. The Hall–Kier alpha value is -0.870. The van der Waals surface area contributed by atoms with Crippen molar-refractivity contribution in [1.29, 1.82) is 0 Å². The first kappa shape index (κ1) is 22.4. The Labute approximate surface area is 174 Å². The number of benzene rings is 1. The number of likely N-dealkylation sites (N-methyl/N-ethyl adjacent to an activating group) is 1. The molecular weight excluding hydrogens is 458 g/mol. The van der Waals surface area contributed by atoms with Crippen LogP contribution in [-0.4, -0.2) is 71.0 Å². The van der Waals surface area contributed by atoms with Crippen molar-refractivity contribution < 1.29 is 17.9 Å². The SMILES string of the molecule is COc1c(Br)cc(Cl)cc1S(=O)(=O)NCCCN1CCCC1C(=O)N(C)C. The zero-order chi connectivity index (χ0) is 20.2. The molecule has 0 aromatic heterocycles. The number of carbonyl (C=O) groups is 1. The molecule has 0 saturated carbocycles. The standard InChI is InChI=1S/C17H25BrClN3O4S/c1-21(2)17(23)14-6-4-8-22(14)9-5-7-20-27(24,25)15-11-12(19)10-13(18)16(15)26-3/h10-11,14,20H,4-9H2,1-3H3. The third-order valence-corrected chi connectivity index (χ3v) is 6.75. The van der Waals surface area contributed by atoms with Gasteiger partial charge in [-0.25, -0.2) is 13.1 Å². The number of sulfonamides is 1. The smallest absolute Gasteiger partial charge is 0.244 e. The molecule has 1 heterocycles. The van der Waals surface area contributed by atoms with Gasteiger partial charge in [-0.3, -0.25) is 9.69 Å². The monoisotopic (exact) mass is 481 g/mol. The molecule has 7 nitrogen and oxygen atoms in total.